The third kappa shape index (κ3) is 3.84. The number of aromatic nitrogens is 1. The van der Waals surface area contributed by atoms with E-state index in [0.29, 0.717) is 24.2 Å². The number of fused-ring (bicyclic) bond motifs is 1. The van der Waals surface area contributed by atoms with Crippen molar-refractivity contribution in [3.05, 3.63) is 57.5 Å². The highest BCUT2D eigenvalue weighted by molar-refractivity contribution is 6.31. The van der Waals surface area contributed by atoms with Crippen LogP contribution in [0.5, 0.6) is 0 Å². The normalized spacial score (nSPS) is 14.5. The number of anilines is 2. The molecule has 1 aliphatic heterocycles. The Bertz CT molecular complexity index is 1070. The van der Waals surface area contributed by atoms with E-state index in [1.807, 2.05) is 30.0 Å². The first-order valence-electron chi connectivity index (χ1n) is 9.15. The molecular formula is C20H21ClN4O3. The first-order valence-corrected chi connectivity index (χ1v) is 9.53. The minimum Gasteiger partial charge on any atom is -0.408 e. The van der Waals surface area contributed by atoms with E-state index in [2.05, 4.69) is 21.3 Å². The van der Waals surface area contributed by atoms with Crippen molar-refractivity contribution < 1.29 is 9.21 Å². The van der Waals surface area contributed by atoms with Crippen molar-refractivity contribution in [1.82, 2.24) is 9.88 Å². The van der Waals surface area contributed by atoms with E-state index in [0.717, 1.165) is 35.1 Å². The monoisotopic (exact) mass is 400 g/mol. The largest absolute Gasteiger partial charge is 0.417 e. The van der Waals surface area contributed by atoms with Crippen LogP contribution in [0.2, 0.25) is 5.02 Å². The van der Waals surface area contributed by atoms with E-state index >= 15 is 0 Å². The summed E-state index contributed by atoms with van der Waals surface area (Å²) in [4.78, 5) is 30.5. The maximum absolute atomic E-state index is 12.5. The van der Waals surface area contributed by atoms with Gasteiger partial charge in [0.05, 0.1) is 12.1 Å². The molecule has 0 saturated carbocycles. The highest BCUT2D eigenvalue weighted by Crippen LogP contribution is 2.23. The lowest BCUT2D eigenvalue weighted by atomic mass is 10.2. The molecule has 0 spiro atoms. The van der Waals surface area contributed by atoms with Gasteiger partial charge in [-0.3, -0.25) is 9.78 Å². The van der Waals surface area contributed by atoms with Crippen LogP contribution >= 0.6 is 11.6 Å². The molecular weight excluding hydrogens is 380 g/mol. The van der Waals surface area contributed by atoms with Gasteiger partial charge in [-0.15, -0.1) is 0 Å². The zero-order chi connectivity index (χ0) is 19.7. The van der Waals surface area contributed by atoms with Crippen LogP contribution in [0.3, 0.4) is 0 Å². The van der Waals surface area contributed by atoms with Crippen LogP contribution in [0, 0.1) is 6.92 Å². The van der Waals surface area contributed by atoms with Crippen molar-refractivity contribution >= 4 is 40.0 Å². The topological polar surface area (TPSA) is 81.6 Å². The first-order chi connectivity index (χ1) is 13.5. The van der Waals surface area contributed by atoms with Gasteiger partial charge in [-0.1, -0.05) is 11.6 Å². The fourth-order valence-electron chi connectivity index (χ4n) is 3.38. The van der Waals surface area contributed by atoms with Gasteiger partial charge in [0.25, 0.3) is 0 Å². The molecule has 3 aromatic rings. The van der Waals surface area contributed by atoms with Gasteiger partial charge in [-0.2, -0.15) is 0 Å². The zero-order valence-electron chi connectivity index (χ0n) is 15.5. The average Bonchev–Trinajstić information content (AvgIpc) is 3.07. The molecule has 28 heavy (non-hydrogen) atoms. The Morgan fingerprint density at radius 2 is 1.96 bits per heavy atom. The molecule has 0 unspecified atom stereocenters. The summed E-state index contributed by atoms with van der Waals surface area (Å²) in [5.74, 6) is -0.445. The molecule has 1 aromatic heterocycles. The van der Waals surface area contributed by atoms with Crippen LogP contribution in [0.15, 0.2) is 45.6 Å². The van der Waals surface area contributed by atoms with E-state index in [1.165, 1.54) is 0 Å². The number of H-pyrrole nitrogens is 1. The number of piperazine rings is 1. The Kier molecular flexibility index (Phi) is 5.00. The number of nitrogens with zero attached hydrogens (tertiary/aromatic N) is 2. The number of carbonyl (C=O) groups is 1. The standard InChI is InChI=1S/C20H21ClN4O3/c1-13-10-15(3-4-16(13)21)24-6-8-25(9-7-24)19(26)12-22-14-2-5-17-18(11-14)28-20(27)23-17/h2-5,10-11,22H,6-9,12H2,1H3,(H,23,27). The Morgan fingerprint density at radius 1 is 1.18 bits per heavy atom. The number of nitrogens with one attached hydrogen (secondary N) is 2. The molecule has 2 N–H and O–H groups in total. The van der Waals surface area contributed by atoms with Gasteiger partial charge in [0, 0.05) is 48.6 Å². The SMILES string of the molecule is Cc1cc(N2CCN(C(=O)CNc3ccc4[nH]c(=O)oc4c3)CC2)ccc1Cl. The summed E-state index contributed by atoms with van der Waals surface area (Å²) in [5.41, 5.74) is 4.02. The molecule has 0 aliphatic carbocycles. The third-order valence-electron chi connectivity index (χ3n) is 5.00. The second-order valence-electron chi connectivity index (χ2n) is 6.88. The van der Waals surface area contributed by atoms with Gasteiger partial charge in [0.15, 0.2) is 5.58 Å². The molecule has 1 aliphatic rings. The molecule has 1 fully saturated rings. The summed E-state index contributed by atoms with van der Waals surface area (Å²) >= 11 is 6.10. The van der Waals surface area contributed by atoms with Gasteiger partial charge < -0.3 is 19.5 Å². The lowest BCUT2D eigenvalue weighted by Crippen LogP contribution is -2.50. The maximum Gasteiger partial charge on any atom is 0.417 e. The molecule has 4 rings (SSSR count). The van der Waals surface area contributed by atoms with Crippen LogP contribution in [-0.4, -0.2) is 48.5 Å². The van der Waals surface area contributed by atoms with E-state index < -0.39 is 5.76 Å². The zero-order valence-corrected chi connectivity index (χ0v) is 16.3. The first kappa shape index (κ1) is 18.4. The summed E-state index contributed by atoms with van der Waals surface area (Å²) in [6.07, 6.45) is 0. The predicted octanol–water partition coefficient (Wildman–Crippen LogP) is 2.84. The summed E-state index contributed by atoms with van der Waals surface area (Å²) in [6.45, 7) is 5.11. The number of carbonyl (C=O) groups excluding carboxylic acids is 1. The van der Waals surface area contributed by atoms with Gasteiger partial charge in [0.2, 0.25) is 5.91 Å². The summed E-state index contributed by atoms with van der Waals surface area (Å²) in [6, 6.07) is 11.3. The highest BCUT2D eigenvalue weighted by atomic mass is 35.5. The molecule has 0 atom stereocenters. The minimum atomic E-state index is -0.489. The van der Waals surface area contributed by atoms with Crippen molar-refractivity contribution in [2.75, 3.05) is 42.9 Å². The van der Waals surface area contributed by atoms with Crippen molar-refractivity contribution in [2.45, 2.75) is 6.92 Å². The fourth-order valence-corrected chi connectivity index (χ4v) is 3.50. The van der Waals surface area contributed by atoms with Gasteiger partial charge in [-0.25, -0.2) is 4.79 Å². The quantitative estimate of drug-likeness (QED) is 0.703. The number of oxazole rings is 1. The van der Waals surface area contributed by atoms with Crippen LogP contribution < -0.4 is 16.0 Å². The molecule has 2 heterocycles. The predicted molar refractivity (Wildman–Crippen MR) is 110 cm³/mol. The van der Waals surface area contributed by atoms with Crippen LogP contribution in [0.4, 0.5) is 11.4 Å². The van der Waals surface area contributed by atoms with E-state index in [4.69, 9.17) is 16.0 Å². The number of rotatable bonds is 4. The van der Waals surface area contributed by atoms with Gasteiger partial charge >= 0.3 is 5.76 Å². The minimum absolute atomic E-state index is 0.0440. The maximum atomic E-state index is 12.5. The van der Waals surface area contributed by atoms with E-state index in [-0.39, 0.29) is 12.5 Å². The lowest BCUT2D eigenvalue weighted by Gasteiger charge is -2.36. The van der Waals surface area contributed by atoms with Crippen LogP contribution in [0.1, 0.15) is 5.56 Å². The third-order valence-corrected chi connectivity index (χ3v) is 5.43. The average molecular weight is 401 g/mol. The Morgan fingerprint density at radius 3 is 2.71 bits per heavy atom. The molecule has 146 valence electrons. The number of halogens is 1. The van der Waals surface area contributed by atoms with Crippen molar-refractivity contribution in [1.29, 1.82) is 0 Å². The Balaban J connectivity index is 1.32. The molecule has 1 saturated heterocycles. The van der Waals surface area contributed by atoms with Crippen molar-refractivity contribution in [3.8, 4) is 0 Å². The lowest BCUT2D eigenvalue weighted by molar-refractivity contribution is -0.129. The Labute approximate surface area is 166 Å². The summed E-state index contributed by atoms with van der Waals surface area (Å²) in [5, 5.41) is 3.87. The number of hydrogen-bond acceptors (Lipinski definition) is 5. The second-order valence-corrected chi connectivity index (χ2v) is 7.29. The molecule has 0 bridgehead atoms. The van der Waals surface area contributed by atoms with E-state index in [1.54, 1.807) is 12.1 Å². The fraction of sp³-hybridized carbons (Fsp3) is 0.300. The number of aryl methyl sites for hydroxylation is 1. The Hall–Kier alpha value is -2.93. The molecule has 2 aromatic carbocycles. The summed E-state index contributed by atoms with van der Waals surface area (Å²) < 4.78 is 5.04. The number of hydrogen-bond donors (Lipinski definition) is 2. The van der Waals surface area contributed by atoms with E-state index in [9.17, 15) is 9.59 Å². The van der Waals surface area contributed by atoms with Gasteiger partial charge in [0.1, 0.15) is 0 Å². The van der Waals surface area contributed by atoms with Crippen LogP contribution in [-0.2, 0) is 4.79 Å². The molecule has 0 radical (unpaired) electrons. The summed E-state index contributed by atoms with van der Waals surface area (Å²) in [7, 11) is 0. The molecule has 8 heteroatoms. The number of aromatic amines is 1. The molecule has 1 amide bonds. The second kappa shape index (κ2) is 7.59. The highest BCUT2D eigenvalue weighted by Gasteiger charge is 2.21. The smallest absolute Gasteiger partial charge is 0.408 e. The van der Waals surface area contributed by atoms with Crippen molar-refractivity contribution in [2.24, 2.45) is 0 Å². The molecule has 7 nitrogen and oxygen atoms in total. The van der Waals surface area contributed by atoms with Crippen molar-refractivity contribution in [3.63, 3.8) is 0 Å². The number of amides is 1. The number of benzene rings is 2. The van der Waals surface area contributed by atoms with Gasteiger partial charge in [-0.05, 0) is 42.8 Å². The van der Waals surface area contributed by atoms with Crippen LogP contribution in [0.25, 0.3) is 11.1 Å².